The van der Waals surface area contributed by atoms with E-state index in [0.29, 0.717) is 18.4 Å². The molecule has 0 bridgehead atoms. The van der Waals surface area contributed by atoms with Gasteiger partial charge in [-0.15, -0.1) is 0 Å². The van der Waals surface area contributed by atoms with Gasteiger partial charge < -0.3 is 15.3 Å². The van der Waals surface area contributed by atoms with Gasteiger partial charge in [0.05, 0.1) is 0 Å². The summed E-state index contributed by atoms with van der Waals surface area (Å²) in [6.07, 6.45) is 3.10. The van der Waals surface area contributed by atoms with Gasteiger partial charge in [0, 0.05) is 18.6 Å². The quantitative estimate of drug-likeness (QED) is 0.477. The minimum Gasteiger partial charge on any atom is -0.481 e. The van der Waals surface area contributed by atoms with Crippen molar-refractivity contribution >= 4 is 11.9 Å². The summed E-state index contributed by atoms with van der Waals surface area (Å²) in [6, 6.07) is 0. The number of unbranched alkanes of at least 4 members (excludes halogenated alkanes) is 1. The molecule has 0 aliphatic heterocycles. The maximum Gasteiger partial charge on any atom is 0.330 e. The molecule has 0 rings (SSSR count). The molecule has 5 heteroatoms. The summed E-state index contributed by atoms with van der Waals surface area (Å²) < 4.78 is 0. The van der Waals surface area contributed by atoms with Crippen LogP contribution in [-0.4, -0.2) is 33.9 Å². The lowest BCUT2D eigenvalue weighted by Gasteiger charge is -1.91. The summed E-state index contributed by atoms with van der Waals surface area (Å²) in [5, 5.41) is 24.4. The van der Waals surface area contributed by atoms with E-state index in [1.54, 1.807) is 19.9 Å². The average molecular weight is 218 g/mol. The predicted octanol–water partition coefficient (Wildman–Crippen LogP) is 1.27. The molecule has 0 amide bonds. The van der Waals surface area contributed by atoms with E-state index >= 15 is 0 Å². The third kappa shape index (κ3) is 15.4. The Balaban J connectivity index is 0. The lowest BCUT2D eigenvalue weighted by molar-refractivity contribution is -0.136. The van der Waals surface area contributed by atoms with Gasteiger partial charge in [-0.3, -0.25) is 4.79 Å². The summed E-state index contributed by atoms with van der Waals surface area (Å²) in [7, 11) is 0. The van der Waals surface area contributed by atoms with Crippen LogP contribution < -0.4 is 0 Å². The highest BCUT2D eigenvalue weighted by Crippen LogP contribution is 1.97. The van der Waals surface area contributed by atoms with Crippen molar-refractivity contribution in [3.8, 4) is 0 Å². The van der Waals surface area contributed by atoms with Gasteiger partial charge in [0.25, 0.3) is 0 Å². The molecule has 0 aromatic rings. The van der Waals surface area contributed by atoms with Crippen LogP contribution in [0, 0.1) is 0 Å². The zero-order valence-electron chi connectivity index (χ0n) is 9.06. The van der Waals surface area contributed by atoms with Crippen LogP contribution in [0.5, 0.6) is 0 Å². The second-order valence-electron chi connectivity index (χ2n) is 2.81. The van der Waals surface area contributed by atoms with Crippen LogP contribution in [0.15, 0.2) is 11.6 Å². The minimum absolute atomic E-state index is 0.114. The normalized spacial score (nSPS) is 10.2. The van der Waals surface area contributed by atoms with E-state index in [0.717, 1.165) is 0 Å². The van der Waals surface area contributed by atoms with Crippen molar-refractivity contribution in [3.63, 3.8) is 0 Å². The first-order valence-electron chi connectivity index (χ1n) is 4.68. The molecule has 0 saturated carbocycles. The van der Waals surface area contributed by atoms with E-state index in [-0.39, 0.29) is 13.0 Å². The van der Waals surface area contributed by atoms with Crippen molar-refractivity contribution in [1.29, 1.82) is 0 Å². The number of rotatable bonds is 5. The Morgan fingerprint density at radius 2 is 1.73 bits per heavy atom. The largest absolute Gasteiger partial charge is 0.481 e. The molecule has 0 aliphatic rings. The Labute approximate surface area is 89.0 Å². The number of allylic oxidation sites excluding steroid dienone is 1. The van der Waals surface area contributed by atoms with Gasteiger partial charge in [-0.2, -0.15) is 0 Å². The number of hydrogen-bond acceptors (Lipinski definition) is 3. The summed E-state index contributed by atoms with van der Waals surface area (Å²) in [5.74, 6) is -1.64. The average Bonchev–Trinajstić information content (AvgIpc) is 2.18. The van der Waals surface area contributed by atoms with Crippen LogP contribution in [0.3, 0.4) is 0 Å². The fourth-order valence-electron chi connectivity index (χ4n) is 0.497. The molecule has 15 heavy (non-hydrogen) atoms. The third-order valence-corrected chi connectivity index (χ3v) is 1.45. The number of hydrogen-bond donors (Lipinski definition) is 3. The van der Waals surface area contributed by atoms with Crippen molar-refractivity contribution in [3.05, 3.63) is 11.6 Å². The maximum absolute atomic E-state index is 10.2. The van der Waals surface area contributed by atoms with Crippen molar-refractivity contribution in [2.75, 3.05) is 6.61 Å². The maximum atomic E-state index is 10.2. The van der Waals surface area contributed by atoms with Gasteiger partial charge in [-0.25, -0.2) is 4.79 Å². The number of aliphatic carboxylic acids is 2. The lowest BCUT2D eigenvalue weighted by Crippen LogP contribution is -1.95. The first-order chi connectivity index (χ1) is 6.95. The number of carbonyl (C=O) groups is 2. The number of carboxylic acids is 2. The van der Waals surface area contributed by atoms with Crippen LogP contribution in [0.1, 0.15) is 33.1 Å². The van der Waals surface area contributed by atoms with E-state index < -0.39 is 11.9 Å². The van der Waals surface area contributed by atoms with E-state index in [1.165, 1.54) is 0 Å². The highest BCUT2D eigenvalue weighted by atomic mass is 16.4. The van der Waals surface area contributed by atoms with Crippen molar-refractivity contribution < 1.29 is 24.9 Å². The molecule has 0 aromatic heterocycles. The van der Waals surface area contributed by atoms with Crippen LogP contribution in [0.2, 0.25) is 0 Å². The zero-order chi connectivity index (χ0) is 12.3. The molecule has 0 unspecified atom stereocenters. The lowest BCUT2D eigenvalue weighted by atomic mass is 10.2. The standard InChI is InChI=1S/C7H12O3.C3H6O2/c1-6(7(9)10)4-2-3-5-8;1-2-3(4)5/h4,8H,2-3,5H2,1H3,(H,9,10);2H2,1H3,(H,4,5). The number of aliphatic hydroxyl groups excluding tert-OH is 1. The molecule has 0 heterocycles. The van der Waals surface area contributed by atoms with E-state index in [9.17, 15) is 9.59 Å². The smallest absolute Gasteiger partial charge is 0.330 e. The van der Waals surface area contributed by atoms with Gasteiger partial charge in [0.1, 0.15) is 0 Å². The molecule has 5 nitrogen and oxygen atoms in total. The van der Waals surface area contributed by atoms with Gasteiger partial charge in [-0.1, -0.05) is 13.0 Å². The van der Waals surface area contributed by atoms with Crippen molar-refractivity contribution in [1.82, 2.24) is 0 Å². The van der Waals surface area contributed by atoms with E-state index in [4.69, 9.17) is 15.3 Å². The molecule has 0 fully saturated rings. The first kappa shape index (κ1) is 16.1. The van der Waals surface area contributed by atoms with E-state index in [1.807, 2.05) is 0 Å². The Kier molecular flexibility index (Phi) is 11.5. The molecule has 0 spiro atoms. The van der Waals surface area contributed by atoms with Gasteiger partial charge >= 0.3 is 11.9 Å². The molecule has 0 radical (unpaired) electrons. The van der Waals surface area contributed by atoms with E-state index in [2.05, 4.69) is 0 Å². The summed E-state index contributed by atoms with van der Waals surface area (Å²) >= 11 is 0. The summed E-state index contributed by atoms with van der Waals surface area (Å²) in [4.78, 5) is 19.5. The molecule has 0 aliphatic carbocycles. The monoisotopic (exact) mass is 218 g/mol. The third-order valence-electron chi connectivity index (χ3n) is 1.45. The highest BCUT2D eigenvalue weighted by Gasteiger charge is 1.96. The van der Waals surface area contributed by atoms with Crippen LogP contribution in [-0.2, 0) is 9.59 Å². The Hall–Kier alpha value is -1.36. The van der Waals surface area contributed by atoms with Gasteiger partial charge in [0.15, 0.2) is 0 Å². The zero-order valence-corrected chi connectivity index (χ0v) is 9.06. The van der Waals surface area contributed by atoms with Crippen LogP contribution in [0.4, 0.5) is 0 Å². The second kappa shape index (κ2) is 10.7. The van der Waals surface area contributed by atoms with Crippen molar-refractivity contribution in [2.45, 2.75) is 33.1 Å². The highest BCUT2D eigenvalue weighted by molar-refractivity contribution is 5.85. The molecule has 88 valence electrons. The first-order valence-corrected chi connectivity index (χ1v) is 4.68. The molecule has 0 aromatic carbocycles. The molecular weight excluding hydrogens is 200 g/mol. The predicted molar refractivity (Wildman–Crippen MR) is 55.6 cm³/mol. The SMILES string of the molecule is CC(=CCCCO)C(=O)O.CCC(=O)O. The molecule has 3 N–H and O–H groups in total. The molecule has 0 atom stereocenters. The van der Waals surface area contributed by atoms with Crippen molar-refractivity contribution in [2.24, 2.45) is 0 Å². The summed E-state index contributed by atoms with van der Waals surface area (Å²) in [6.45, 7) is 3.26. The molecule has 0 saturated heterocycles. The van der Waals surface area contributed by atoms with Gasteiger partial charge in [0.2, 0.25) is 0 Å². The van der Waals surface area contributed by atoms with Crippen LogP contribution in [0.25, 0.3) is 0 Å². The molecular formula is C10H18O5. The Bertz CT molecular complexity index is 220. The number of carboxylic acid groups (broad SMARTS) is 2. The Morgan fingerprint density at radius 3 is 2.00 bits per heavy atom. The minimum atomic E-state index is -0.891. The Morgan fingerprint density at radius 1 is 1.27 bits per heavy atom. The van der Waals surface area contributed by atoms with Crippen LogP contribution >= 0.6 is 0 Å². The topological polar surface area (TPSA) is 94.8 Å². The summed E-state index contributed by atoms with van der Waals surface area (Å²) in [5.41, 5.74) is 0.341. The second-order valence-corrected chi connectivity index (χ2v) is 2.81. The fourth-order valence-corrected chi connectivity index (χ4v) is 0.497. The number of aliphatic hydroxyl groups is 1. The fraction of sp³-hybridized carbons (Fsp3) is 0.600. The van der Waals surface area contributed by atoms with Gasteiger partial charge in [-0.05, 0) is 19.8 Å².